The van der Waals surface area contributed by atoms with Crippen molar-refractivity contribution in [3.8, 4) is 0 Å². The van der Waals surface area contributed by atoms with Crippen molar-refractivity contribution in [2.45, 2.75) is 45.2 Å². The minimum absolute atomic E-state index is 0.0908. The number of fused-ring (bicyclic) bond motifs is 1. The summed E-state index contributed by atoms with van der Waals surface area (Å²) in [6, 6.07) is 5.31. The highest BCUT2D eigenvalue weighted by atomic mass is 16.2. The summed E-state index contributed by atoms with van der Waals surface area (Å²) >= 11 is 0. The van der Waals surface area contributed by atoms with E-state index in [-0.39, 0.29) is 18.0 Å². The molecule has 6 N–H and O–H groups in total. The molecule has 0 fully saturated rings. The van der Waals surface area contributed by atoms with Crippen molar-refractivity contribution in [1.82, 2.24) is 30.6 Å². The highest BCUT2D eigenvalue weighted by Gasteiger charge is 2.15. The molecule has 2 aromatic heterocycles. The Kier molecular flexibility index (Phi) is 7.39. The summed E-state index contributed by atoms with van der Waals surface area (Å²) in [6.45, 7) is 2.67. The molecule has 0 radical (unpaired) electrons. The van der Waals surface area contributed by atoms with Gasteiger partial charge in [0.1, 0.15) is 6.17 Å². The zero-order chi connectivity index (χ0) is 21.3. The van der Waals surface area contributed by atoms with Crippen LogP contribution >= 0.6 is 0 Å². The predicted octanol–water partition coefficient (Wildman–Crippen LogP) is 2.06. The number of H-pyrrole nitrogens is 1. The van der Waals surface area contributed by atoms with Crippen LogP contribution in [0.3, 0.4) is 0 Å². The summed E-state index contributed by atoms with van der Waals surface area (Å²) in [4.78, 5) is 31.4. The number of nitrogens with one attached hydrogen (secondary N) is 4. The van der Waals surface area contributed by atoms with Crippen LogP contribution in [0.1, 0.15) is 55.6 Å². The van der Waals surface area contributed by atoms with Crippen LogP contribution in [0.25, 0.3) is 10.9 Å². The van der Waals surface area contributed by atoms with Gasteiger partial charge in [-0.15, -0.1) is 0 Å². The number of nitrogens with zero attached hydrogens (tertiary/aromatic N) is 3. The molecule has 3 aromatic rings. The summed E-state index contributed by atoms with van der Waals surface area (Å²) in [5.74, 6) is 0.0741. The first kappa shape index (κ1) is 21.3. The van der Waals surface area contributed by atoms with E-state index in [1.165, 1.54) is 0 Å². The van der Waals surface area contributed by atoms with Crippen molar-refractivity contribution in [1.29, 1.82) is 0 Å². The number of unbranched alkanes of at least 4 members (excludes halogenated alkanes) is 2. The molecule has 10 heteroatoms. The van der Waals surface area contributed by atoms with Crippen LogP contribution in [0.5, 0.6) is 0 Å². The van der Waals surface area contributed by atoms with Crippen LogP contribution < -0.4 is 21.9 Å². The number of aromatic nitrogens is 4. The van der Waals surface area contributed by atoms with E-state index in [9.17, 15) is 9.59 Å². The fourth-order valence-electron chi connectivity index (χ4n) is 3.15. The number of rotatable bonds is 10. The van der Waals surface area contributed by atoms with Crippen molar-refractivity contribution in [2.24, 2.45) is 5.73 Å². The van der Waals surface area contributed by atoms with Gasteiger partial charge in [0.25, 0.3) is 5.91 Å². The molecule has 0 bridgehead atoms. The Hall–Kier alpha value is -3.40. The van der Waals surface area contributed by atoms with E-state index in [1.54, 1.807) is 30.7 Å². The number of nitrogens with two attached hydrogens (primary N) is 1. The standard InChI is InChI=1S/C20H28N8O2/c1-2-17(25-20-22-10-11-23-20)28-16-8-7-14(12-15(16)13-24-28)19(30)27-26-18(29)6-4-3-5-9-21/h7-8,10-13,17H,2-6,9,21H2,1H3,(H,26,29)(H,27,30)(H2,22,23,25). The first-order valence-electron chi connectivity index (χ1n) is 10.1. The molecule has 0 aliphatic carbocycles. The Morgan fingerprint density at radius 1 is 1.23 bits per heavy atom. The van der Waals surface area contributed by atoms with E-state index in [0.29, 0.717) is 24.5 Å². The summed E-state index contributed by atoms with van der Waals surface area (Å²) in [7, 11) is 0. The largest absolute Gasteiger partial charge is 0.334 e. The van der Waals surface area contributed by atoms with Crippen LogP contribution in [-0.2, 0) is 4.79 Å². The molecule has 10 nitrogen and oxygen atoms in total. The van der Waals surface area contributed by atoms with Crippen molar-refractivity contribution < 1.29 is 9.59 Å². The van der Waals surface area contributed by atoms with Crippen LogP contribution in [0.15, 0.2) is 36.8 Å². The molecule has 1 aromatic carbocycles. The minimum Gasteiger partial charge on any atom is -0.334 e. The maximum atomic E-state index is 12.4. The number of anilines is 1. The van der Waals surface area contributed by atoms with Gasteiger partial charge in [0.2, 0.25) is 11.9 Å². The summed E-state index contributed by atoms with van der Waals surface area (Å²) in [6.07, 6.45) is 8.73. The van der Waals surface area contributed by atoms with Crippen molar-refractivity contribution in [2.75, 3.05) is 11.9 Å². The number of hydrogen-bond donors (Lipinski definition) is 5. The Morgan fingerprint density at radius 3 is 2.83 bits per heavy atom. The van der Waals surface area contributed by atoms with Gasteiger partial charge >= 0.3 is 0 Å². The van der Waals surface area contributed by atoms with Gasteiger partial charge in [-0.05, 0) is 44.0 Å². The van der Waals surface area contributed by atoms with E-state index < -0.39 is 0 Å². The average molecular weight is 412 g/mol. The number of hydrogen-bond acceptors (Lipinski definition) is 6. The molecule has 160 valence electrons. The number of carbonyl (C=O) groups is 2. The van der Waals surface area contributed by atoms with E-state index in [2.05, 4.69) is 38.2 Å². The molecule has 0 saturated carbocycles. The van der Waals surface area contributed by atoms with Gasteiger partial charge in [0.05, 0.1) is 11.7 Å². The molecule has 1 atom stereocenters. The van der Waals surface area contributed by atoms with Gasteiger partial charge in [-0.1, -0.05) is 13.3 Å². The lowest BCUT2D eigenvalue weighted by Crippen LogP contribution is -2.41. The smallest absolute Gasteiger partial charge is 0.269 e. The maximum absolute atomic E-state index is 12.4. The third kappa shape index (κ3) is 5.35. The number of imidazole rings is 1. The quantitative estimate of drug-likeness (QED) is 0.255. The maximum Gasteiger partial charge on any atom is 0.269 e. The van der Waals surface area contributed by atoms with E-state index >= 15 is 0 Å². The first-order chi connectivity index (χ1) is 14.6. The number of amides is 2. The fraction of sp³-hybridized carbons (Fsp3) is 0.400. The molecule has 2 amide bonds. The lowest BCUT2D eigenvalue weighted by atomic mass is 10.1. The van der Waals surface area contributed by atoms with Crippen LogP contribution in [-0.4, -0.2) is 38.1 Å². The summed E-state index contributed by atoms with van der Waals surface area (Å²) in [5.41, 5.74) is 11.7. The summed E-state index contributed by atoms with van der Waals surface area (Å²) < 4.78 is 1.86. The third-order valence-electron chi connectivity index (χ3n) is 4.76. The number of benzene rings is 1. The second-order valence-corrected chi connectivity index (χ2v) is 6.97. The van der Waals surface area contributed by atoms with Gasteiger partial charge in [-0.3, -0.25) is 20.4 Å². The molecule has 1 unspecified atom stereocenters. The third-order valence-corrected chi connectivity index (χ3v) is 4.76. The SMILES string of the molecule is CCC(Nc1ncc[nH]1)n1ncc2cc(C(=O)NNC(=O)CCCCCN)ccc21. The van der Waals surface area contributed by atoms with Gasteiger partial charge in [0.15, 0.2) is 0 Å². The number of carbonyl (C=O) groups excluding carboxylic acids is 2. The van der Waals surface area contributed by atoms with Gasteiger partial charge in [-0.25, -0.2) is 9.67 Å². The first-order valence-corrected chi connectivity index (χ1v) is 10.1. The highest BCUT2D eigenvalue weighted by Crippen LogP contribution is 2.22. The molecule has 3 rings (SSSR count). The molecule has 2 heterocycles. The number of hydrazine groups is 1. The Balaban J connectivity index is 1.61. The molecule has 0 spiro atoms. The highest BCUT2D eigenvalue weighted by molar-refractivity contribution is 5.98. The molecular weight excluding hydrogens is 384 g/mol. The van der Waals surface area contributed by atoms with Crippen molar-refractivity contribution in [3.05, 3.63) is 42.4 Å². The Bertz CT molecular complexity index is 967. The Labute approximate surface area is 174 Å². The van der Waals surface area contributed by atoms with Crippen molar-refractivity contribution >= 4 is 28.7 Å². The predicted molar refractivity (Wildman–Crippen MR) is 114 cm³/mol. The molecule has 0 saturated heterocycles. The second-order valence-electron chi connectivity index (χ2n) is 6.97. The minimum atomic E-state index is -0.374. The lowest BCUT2D eigenvalue weighted by molar-refractivity contribution is -0.122. The zero-order valence-corrected chi connectivity index (χ0v) is 17.0. The van der Waals surface area contributed by atoms with Crippen molar-refractivity contribution in [3.63, 3.8) is 0 Å². The molecule has 0 aliphatic heterocycles. The van der Waals surface area contributed by atoms with Gasteiger partial charge in [0, 0.05) is 29.8 Å². The second kappa shape index (κ2) is 10.4. The zero-order valence-electron chi connectivity index (χ0n) is 17.0. The monoisotopic (exact) mass is 412 g/mol. The van der Waals surface area contributed by atoms with Crippen LogP contribution in [0.4, 0.5) is 5.95 Å². The van der Waals surface area contributed by atoms with E-state index in [4.69, 9.17) is 5.73 Å². The average Bonchev–Trinajstić information content (AvgIpc) is 3.42. The molecule has 0 aliphatic rings. The number of aromatic amines is 1. The van der Waals surface area contributed by atoms with E-state index in [1.807, 2.05) is 10.7 Å². The van der Waals surface area contributed by atoms with Gasteiger partial charge in [-0.2, -0.15) is 5.10 Å². The van der Waals surface area contributed by atoms with Gasteiger partial charge < -0.3 is 16.0 Å². The normalized spacial score (nSPS) is 11.9. The van der Waals surface area contributed by atoms with Crippen LogP contribution in [0.2, 0.25) is 0 Å². The fourth-order valence-corrected chi connectivity index (χ4v) is 3.15. The Morgan fingerprint density at radius 2 is 2.10 bits per heavy atom. The topological polar surface area (TPSA) is 143 Å². The lowest BCUT2D eigenvalue weighted by Gasteiger charge is -2.18. The molecular formula is C20H28N8O2. The van der Waals surface area contributed by atoms with Crippen LogP contribution in [0, 0.1) is 0 Å². The molecule has 30 heavy (non-hydrogen) atoms. The van der Waals surface area contributed by atoms with E-state index in [0.717, 1.165) is 36.6 Å². The summed E-state index contributed by atoms with van der Waals surface area (Å²) in [5, 5.41) is 8.60.